The number of hydrogen-bond acceptors (Lipinski definition) is 2. The maximum atomic E-state index is 6.35. The summed E-state index contributed by atoms with van der Waals surface area (Å²) in [6.07, 6.45) is 2.62. The average molecular weight is 415 g/mol. The number of aromatic nitrogens is 2. The van der Waals surface area contributed by atoms with Crippen molar-refractivity contribution in [3.05, 3.63) is 50.2 Å². The molecule has 2 N–H and O–H groups in total. The Labute approximate surface area is 143 Å². The van der Waals surface area contributed by atoms with Crippen molar-refractivity contribution < 1.29 is 0 Å². The van der Waals surface area contributed by atoms with Crippen molar-refractivity contribution in [2.45, 2.75) is 45.7 Å². The molecule has 0 fully saturated rings. The van der Waals surface area contributed by atoms with E-state index in [9.17, 15) is 0 Å². The van der Waals surface area contributed by atoms with Gasteiger partial charge in [0, 0.05) is 23.5 Å². The van der Waals surface area contributed by atoms with Crippen LogP contribution in [0.1, 0.15) is 30.8 Å². The quantitative estimate of drug-likeness (QED) is 0.772. The van der Waals surface area contributed by atoms with Crippen molar-refractivity contribution in [3.8, 4) is 0 Å². The van der Waals surface area contributed by atoms with Crippen molar-refractivity contribution in [3.63, 3.8) is 0 Å². The first-order valence-electron chi connectivity index (χ1n) is 7.29. The number of benzene rings is 1. The van der Waals surface area contributed by atoms with Gasteiger partial charge in [-0.15, -0.1) is 0 Å². The topological polar surface area (TPSA) is 43.8 Å². The third-order valence-corrected chi connectivity index (χ3v) is 4.95. The molecule has 114 valence electrons. The predicted molar refractivity (Wildman–Crippen MR) is 94.5 cm³/mol. The molecule has 0 spiro atoms. The van der Waals surface area contributed by atoms with E-state index in [1.165, 1.54) is 11.3 Å². The van der Waals surface area contributed by atoms with Crippen molar-refractivity contribution in [2.24, 2.45) is 5.73 Å². The molecule has 0 saturated heterocycles. The molecule has 0 aliphatic heterocycles. The van der Waals surface area contributed by atoms with Crippen LogP contribution in [0, 0.1) is 0 Å². The van der Waals surface area contributed by atoms with E-state index in [0.29, 0.717) is 0 Å². The molecule has 1 aromatic carbocycles. The number of nitrogens with zero attached hydrogens (tertiary/aromatic N) is 2. The lowest BCUT2D eigenvalue weighted by atomic mass is 10.0. The Bertz CT molecular complexity index is 608. The average Bonchev–Trinajstić information content (AvgIpc) is 2.75. The molecule has 1 atom stereocenters. The molecule has 3 nitrogen and oxygen atoms in total. The van der Waals surface area contributed by atoms with Gasteiger partial charge in [-0.2, -0.15) is 5.10 Å². The summed E-state index contributed by atoms with van der Waals surface area (Å²) in [5.41, 5.74) is 9.93. The molecular weight excluding hydrogens is 394 g/mol. The zero-order valence-electron chi connectivity index (χ0n) is 12.4. The third kappa shape index (κ3) is 4.18. The van der Waals surface area contributed by atoms with E-state index < -0.39 is 0 Å². The summed E-state index contributed by atoms with van der Waals surface area (Å²) < 4.78 is 4.28. The molecule has 2 rings (SSSR count). The van der Waals surface area contributed by atoms with Crippen LogP contribution in [0.25, 0.3) is 0 Å². The van der Waals surface area contributed by atoms with Crippen molar-refractivity contribution >= 4 is 31.9 Å². The van der Waals surface area contributed by atoms with Crippen LogP contribution in [0.15, 0.2) is 33.2 Å². The number of nitrogens with two attached hydrogens (primary N) is 1. The fourth-order valence-corrected chi connectivity index (χ4v) is 3.67. The summed E-state index contributed by atoms with van der Waals surface area (Å²) in [6, 6.07) is 8.42. The fourth-order valence-electron chi connectivity index (χ4n) is 2.50. The molecule has 5 heteroatoms. The first kappa shape index (κ1) is 16.7. The summed E-state index contributed by atoms with van der Waals surface area (Å²) in [4.78, 5) is 0. The maximum Gasteiger partial charge on any atom is 0.0766 e. The van der Waals surface area contributed by atoms with Crippen molar-refractivity contribution in [1.29, 1.82) is 0 Å². The summed E-state index contributed by atoms with van der Waals surface area (Å²) >= 11 is 7.19. The second-order valence-corrected chi connectivity index (χ2v) is 6.88. The molecule has 0 radical (unpaired) electrons. The second-order valence-electron chi connectivity index (χ2n) is 5.17. The Morgan fingerprint density at radius 3 is 2.62 bits per heavy atom. The van der Waals surface area contributed by atoms with E-state index in [-0.39, 0.29) is 6.04 Å². The zero-order chi connectivity index (χ0) is 15.4. The molecule has 1 heterocycles. The molecule has 0 aliphatic carbocycles. The van der Waals surface area contributed by atoms with Gasteiger partial charge >= 0.3 is 0 Å². The molecule has 1 aromatic heterocycles. The molecule has 0 amide bonds. The summed E-state index contributed by atoms with van der Waals surface area (Å²) in [6.45, 7) is 5.11. The van der Waals surface area contributed by atoms with E-state index in [1.54, 1.807) is 0 Å². The highest BCUT2D eigenvalue weighted by atomic mass is 79.9. The molecule has 0 bridgehead atoms. The Morgan fingerprint density at radius 2 is 2.00 bits per heavy atom. The monoisotopic (exact) mass is 413 g/mol. The highest BCUT2D eigenvalue weighted by Gasteiger charge is 2.16. The van der Waals surface area contributed by atoms with Gasteiger partial charge in [-0.3, -0.25) is 4.68 Å². The number of rotatable bonds is 6. The summed E-state index contributed by atoms with van der Waals surface area (Å²) in [5.74, 6) is 0. The van der Waals surface area contributed by atoms with Gasteiger partial charge in [-0.25, -0.2) is 0 Å². The minimum Gasteiger partial charge on any atom is -0.327 e. The Kier molecular flexibility index (Phi) is 6.02. The minimum atomic E-state index is 0.0855. The highest BCUT2D eigenvalue weighted by Crippen LogP contribution is 2.24. The Balaban J connectivity index is 2.12. The fraction of sp³-hybridized carbons (Fsp3) is 0.438. The van der Waals surface area contributed by atoms with E-state index in [0.717, 1.165) is 40.4 Å². The zero-order valence-corrected chi connectivity index (χ0v) is 15.6. The third-order valence-electron chi connectivity index (χ3n) is 3.54. The minimum absolute atomic E-state index is 0.0855. The first-order valence-corrected chi connectivity index (χ1v) is 8.87. The van der Waals surface area contributed by atoms with Gasteiger partial charge in [0.2, 0.25) is 0 Å². The van der Waals surface area contributed by atoms with Gasteiger partial charge in [0.1, 0.15) is 0 Å². The molecule has 2 aromatic rings. The molecule has 0 saturated carbocycles. The van der Waals surface area contributed by atoms with Crippen LogP contribution in [-0.2, 0) is 25.8 Å². The van der Waals surface area contributed by atoms with E-state index in [2.05, 4.69) is 67.6 Å². The lowest BCUT2D eigenvalue weighted by molar-refractivity contribution is 0.572. The van der Waals surface area contributed by atoms with Gasteiger partial charge in [-0.1, -0.05) is 35.0 Å². The number of halogens is 2. The van der Waals surface area contributed by atoms with E-state index in [1.807, 2.05) is 12.1 Å². The van der Waals surface area contributed by atoms with Crippen LogP contribution >= 0.6 is 31.9 Å². The van der Waals surface area contributed by atoms with E-state index >= 15 is 0 Å². The van der Waals surface area contributed by atoms with Gasteiger partial charge in [-0.05, 0) is 53.4 Å². The SMILES string of the molecule is CCc1nn(CC)c(CC(N)Cc2cccc(Br)c2)c1Br. The Hall–Kier alpha value is -0.650. The van der Waals surface area contributed by atoms with Crippen LogP contribution in [-0.4, -0.2) is 15.8 Å². The predicted octanol–water partition coefficient (Wildman–Crippen LogP) is 4.10. The molecule has 21 heavy (non-hydrogen) atoms. The van der Waals surface area contributed by atoms with Crippen LogP contribution in [0.3, 0.4) is 0 Å². The number of hydrogen-bond donors (Lipinski definition) is 1. The van der Waals surface area contributed by atoms with Crippen LogP contribution in [0.5, 0.6) is 0 Å². The molecule has 1 unspecified atom stereocenters. The largest absolute Gasteiger partial charge is 0.327 e. The van der Waals surface area contributed by atoms with Crippen molar-refractivity contribution in [2.75, 3.05) is 0 Å². The second kappa shape index (κ2) is 7.56. The number of aryl methyl sites for hydroxylation is 2. The van der Waals surface area contributed by atoms with Crippen molar-refractivity contribution in [1.82, 2.24) is 9.78 Å². The lowest BCUT2D eigenvalue weighted by Crippen LogP contribution is -2.27. The molecule has 0 aliphatic rings. The van der Waals surface area contributed by atoms with E-state index in [4.69, 9.17) is 5.73 Å². The first-order chi connectivity index (χ1) is 10.0. The highest BCUT2D eigenvalue weighted by molar-refractivity contribution is 9.10. The lowest BCUT2D eigenvalue weighted by Gasteiger charge is -2.13. The smallest absolute Gasteiger partial charge is 0.0766 e. The summed E-state index contributed by atoms with van der Waals surface area (Å²) in [5, 5.41) is 4.63. The molecular formula is C16H21Br2N3. The van der Waals surface area contributed by atoms with Crippen LogP contribution in [0.4, 0.5) is 0 Å². The van der Waals surface area contributed by atoms with Crippen LogP contribution < -0.4 is 5.73 Å². The normalized spacial score (nSPS) is 12.6. The van der Waals surface area contributed by atoms with Gasteiger partial charge in [0.15, 0.2) is 0 Å². The van der Waals surface area contributed by atoms with Gasteiger partial charge < -0.3 is 5.73 Å². The summed E-state index contributed by atoms with van der Waals surface area (Å²) in [7, 11) is 0. The Morgan fingerprint density at radius 1 is 1.24 bits per heavy atom. The van der Waals surface area contributed by atoms with Gasteiger partial charge in [0.05, 0.1) is 15.9 Å². The maximum absolute atomic E-state index is 6.35. The van der Waals surface area contributed by atoms with Gasteiger partial charge in [0.25, 0.3) is 0 Å². The van der Waals surface area contributed by atoms with Crippen LogP contribution in [0.2, 0.25) is 0 Å². The standard InChI is InChI=1S/C16H21Br2N3/c1-3-14-16(18)15(21(4-2)20-14)10-13(19)9-11-6-5-7-12(17)8-11/h5-8,13H,3-4,9-10,19H2,1-2H3.